The smallest absolute Gasteiger partial charge is 0.146 e. The van der Waals surface area contributed by atoms with E-state index in [4.69, 9.17) is 9.47 Å². The fraction of sp³-hybridized carbons (Fsp3) is 0.0833. The van der Waals surface area contributed by atoms with Gasteiger partial charge in [-0.1, -0.05) is 36.4 Å². The van der Waals surface area contributed by atoms with Crippen LogP contribution >= 0.6 is 0 Å². The average molecular weight is 383 g/mol. The van der Waals surface area contributed by atoms with E-state index in [1.807, 2.05) is 78.9 Å². The van der Waals surface area contributed by atoms with Crippen molar-refractivity contribution in [2.75, 3.05) is 12.5 Å². The van der Waals surface area contributed by atoms with Crippen LogP contribution < -0.4 is 14.9 Å². The first-order chi connectivity index (χ1) is 14.3. The van der Waals surface area contributed by atoms with E-state index in [-0.39, 0.29) is 0 Å². The van der Waals surface area contributed by atoms with E-state index in [1.165, 1.54) is 0 Å². The van der Waals surface area contributed by atoms with Crippen molar-refractivity contribution in [3.8, 4) is 11.5 Å². The number of hydrogen-bond donors (Lipinski definition) is 1. The number of aromatic nitrogens is 1. The first kappa shape index (κ1) is 18.5. The molecule has 0 spiro atoms. The highest BCUT2D eigenvalue weighted by molar-refractivity contribution is 5.84. The molecule has 4 aromatic rings. The van der Waals surface area contributed by atoms with Crippen molar-refractivity contribution >= 4 is 22.8 Å². The molecule has 4 rings (SSSR count). The summed E-state index contributed by atoms with van der Waals surface area (Å²) in [6.45, 7) is 0.368. The van der Waals surface area contributed by atoms with Crippen molar-refractivity contribution in [2.24, 2.45) is 5.10 Å². The Bertz CT molecular complexity index is 1120. The Labute approximate surface area is 169 Å². The van der Waals surface area contributed by atoms with E-state index in [1.54, 1.807) is 19.5 Å². The number of rotatable bonds is 7. The molecule has 0 amide bonds. The van der Waals surface area contributed by atoms with Crippen LogP contribution in [0, 0.1) is 0 Å². The second-order valence-corrected chi connectivity index (χ2v) is 6.43. The third-order valence-electron chi connectivity index (χ3n) is 4.46. The van der Waals surface area contributed by atoms with Crippen molar-refractivity contribution in [3.63, 3.8) is 0 Å². The Balaban J connectivity index is 1.51. The summed E-state index contributed by atoms with van der Waals surface area (Å²) < 4.78 is 11.6. The number of fused-ring (bicyclic) bond motifs is 1. The summed E-state index contributed by atoms with van der Waals surface area (Å²) in [6, 6.07) is 25.6. The zero-order valence-corrected chi connectivity index (χ0v) is 16.1. The molecule has 0 saturated heterocycles. The summed E-state index contributed by atoms with van der Waals surface area (Å²) >= 11 is 0. The van der Waals surface area contributed by atoms with Gasteiger partial charge >= 0.3 is 0 Å². The Morgan fingerprint density at radius 2 is 1.79 bits per heavy atom. The molecule has 0 saturated carbocycles. The largest absolute Gasteiger partial charge is 0.496 e. The lowest BCUT2D eigenvalue weighted by Crippen LogP contribution is -2.01. The molecule has 0 aliphatic carbocycles. The van der Waals surface area contributed by atoms with Crippen molar-refractivity contribution in [1.82, 2.24) is 4.98 Å². The van der Waals surface area contributed by atoms with Crippen molar-refractivity contribution in [2.45, 2.75) is 6.61 Å². The molecule has 0 fully saturated rings. The van der Waals surface area contributed by atoms with Crippen LogP contribution in [-0.4, -0.2) is 18.3 Å². The minimum atomic E-state index is 0.368. The fourth-order valence-corrected chi connectivity index (χ4v) is 3.03. The molecular weight excluding hydrogens is 362 g/mol. The molecule has 5 heteroatoms. The molecule has 0 radical (unpaired) electrons. The number of pyridine rings is 1. The number of ether oxygens (including phenoxy) is 2. The summed E-state index contributed by atoms with van der Waals surface area (Å²) in [7, 11) is 1.66. The number of hydrogen-bond acceptors (Lipinski definition) is 5. The van der Waals surface area contributed by atoms with E-state index in [9.17, 15) is 0 Å². The number of anilines is 1. The predicted molar refractivity (Wildman–Crippen MR) is 117 cm³/mol. The average Bonchev–Trinajstić information content (AvgIpc) is 2.78. The summed E-state index contributed by atoms with van der Waals surface area (Å²) in [5.41, 5.74) is 6.68. The van der Waals surface area contributed by atoms with Gasteiger partial charge in [-0.25, -0.2) is 0 Å². The zero-order valence-electron chi connectivity index (χ0n) is 16.1. The molecule has 0 aliphatic rings. The lowest BCUT2D eigenvalue weighted by atomic mass is 10.1. The van der Waals surface area contributed by atoms with E-state index in [0.717, 1.165) is 39.2 Å². The first-order valence-electron chi connectivity index (χ1n) is 9.31. The zero-order chi connectivity index (χ0) is 19.9. The van der Waals surface area contributed by atoms with Crippen LogP contribution in [-0.2, 0) is 6.61 Å². The second kappa shape index (κ2) is 8.89. The fourth-order valence-electron chi connectivity index (χ4n) is 3.03. The molecule has 29 heavy (non-hydrogen) atoms. The number of para-hydroxylation sites is 2. The monoisotopic (exact) mass is 383 g/mol. The normalized spacial score (nSPS) is 10.9. The van der Waals surface area contributed by atoms with Gasteiger partial charge in [0.2, 0.25) is 0 Å². The van der Waals surface area contributed by atoms with Crippen LogP contribution in [0.1, 0.15) is 11.1 Å². The van der Waals surface area contributed by atoms with Crippen LogP contribution in [0.25, 0.3) is 10.9 Å². The van der Waals surface area contributed by atoms with Crippen LogP contribution in [0.3, 0.4) is 0 Å². The highest BCUT2D eigenvalue weighted by Crippen LogP contribution is 2.26. The molecule has 0 unspecified atom stereocenters. The molecule has 1 aromatic heterocycles. The molecule has 0 atom stereocenters. The molecule has 0 aliphatic heterocycles. The van der Waals surface area contributed by atoms with E-state index < -0.39 is 0 Å². The Morgan fingerprint density at radius 1 is 0.931 bits per heavy atom. The number of benzene rings is 3. The SMILES string of the molecule is COc1ccc(/C=N/Nc2ccccc2)cc1COc1cccc2cccnc12. The van der Waals surface area contributed by atoms with Gasteiger partial charge in [0, 0.05) is 17.1 Å². The lowest BCUT2D eigenvalue weighted by Gasteiger charge is -2.12. The van der Waals surface area contributed by atoms with Gasteiger partial charge in [-0.05, 0) is 48.0 Å². The predicted octanol–water partition coefficient (Wildman–Crippen LogP) is 5.27. The quantitative estimate of drug-likeness (QED) is 0.349. The Morgan fingerprint density at radius 3 is 2.66 bits per heavy atom. The molecular formula is C24H21N3O2. The third kappa shape index (κ3) is 4.52. The van der Waals surface area contributed by atoms with Crippen LogP contribution in [0.5, 0.6) is 11.5 Å². The second-order valence-electron chi connectivity index (χ2n) is 6.43. The van der Waals surface area contributed by atoms with Gasteiger partial charge in [0.15, 0.2) is 0 Å². The minimum Gasteiger partial charge on any atom is -0.496 e. The Hall–Kier alpha value is -3.86. The van der Waals surface area contributed by atoms with Gasteiger partial charge in [-0.3, -0.25) is 10.4 Å². The number of nitrogens with zero attached hydrogens (tertiary/aromatic N) is 2. The molecule has 5 nitrogen and oxygen atoms in total. The van der Waals surface area contributed by atoms with Crippen molar-refractivity contribution < 1.29 is 9.47 Å². The Kier molecular flexibility index (Phi) is 5.67. The number of hydrazone groups is 1. The van der Waals surface area contributed by atoms with Gasteiger partial charge in [-0.2, -0.15) is 5.10 Å². The van der Waals surface area contributed by atoms with Gasteiger partial charge in [0.25, 0.3) is 0 Å². The minimum absolute atomic E-state index is 0.368. The summed E-state index contributed by atoms with van der Waals surface area (Å²) in [5, 5.41) is 5.35. The van der Waals surface area contributed by atoms with E-state index in [0.29, 0.717) is 6.61 Å². The highest BCUT2D eigenvalue weighted by Gasteiger charge is 2.08. The van der Waals surface area contributed by atoms with Gasteiger partial charge < -0.3 is 9.47 Å². The van der Waals surface area contributed by atoms with Crippen LogP contribution in [0.2, 0.25) is 0 Å². The summed E-state index contributed by atoms with van der Waals surface area (Å²) in [4.78, 5) is 4.44. The number of nitrogens with one attached hydrogen (secondary N) is 1. The maximum atomic E-state index is 6.07. The molecule has 0 bridgehead atoms. The highest BCUT2D eigenvalue weighted by atomic mass is 16.5. The summed E-state index contributed by atoms with van der Waals surface area (Å²) in [6.07, 6.45) is 3.54. The molecule has 3 aromatic carbocycles. The first-order valence-corrected chi connectivity index (χ1v) is 9.31. The molecule has 1 heterocycles. The molecule has 144 valence electrons. The number of methoxy groups -OCH3 is 1. The van der Waals surface area contributed by atoms with Crippen LogP contribution in [0.4, 0.5) is 5.69 Å². The standard InChI is InChI=1S/C24H21N3O2/c1-28-22-13-12-18(16-26-27-21-9-3-2-4-10-21)15-20(22)17-29-23-11-5-7-19-8-6-14-25-24(19)23/h2-16,27H,17H2,1H3/b26-16+. The van der Waals surface area contributed by atoms with Gasteiger partial charge in [0.05, 0.1) is 19.0 Å². The van der Waals surface area contributed by atoms with Gasteiger partial charge in [-0.15, -0.1) is 0 Å². The van der Waals surface area contributed by atoms with E-state index >= 15 is 0 Å². The maximum absolute atomic E-state index is 6.07. The van der Waals surface area contributed by atoms with E-state index in [2.05, 4.69) is 15.5 Å². The van der Waals surface area contributed by atoms with Crippen molar-refractivity contribution in [1.29, 1.82) is 0 Å². The topological polar surface area (TPSA) is 55.7 Å². The summed E-state index contributed by atoms with van der Waals surface area (Å²) in [5.74, 6) is 1.52. The lowest BCUT2D eigenvalue weighted by molar-refractivity contribution is 0.299. The van der Waals surface area contributed by atoms with Gasteiger partial charge in [0.1, 0.15) is 23.6 Å². The van der Waals surface area contributed by atoms with Crippen molar-refractivity contribution in [3.05, 3.63) is 96.2 Å². The maximum Gasteiger partial charge on any atom is 0.146 e. The molecule has 1 N–H and O–H groups in total. The third-order valence-corrected chi connectivity index (χ3v) is 4.46. The van der Waals surface area contributed by atoms with Crippen LogP contribution in [0.15, 0.2) is 90.2 Å².